The first-order valence-corrected chi connectivity index (χ1v) is 9.29. The van der Waals surface area contributed by atoms with Crippen molar-refractivity contribution in [2.24, 2.45) is 0 Å². The van der Waals surface area contributed by atoms with E-state index in [1.807, 2.05) is 42.5 Å². The Morgan fingerprint density at radius 1 is 0.966 bits per heavy atom. The number of rotatable bonds is 6. The molecule has 144 valence electrons. The maximum Gasteiger partial charge on any atom is 0.274 e. The monoisotopic (exact) mass is 384 g/mol. The number of aromatic nitrogens is 4. The quantitative estimate of drug-likeness (QED) is 0.548. The number of benzene rings is 1. The van der Waals surface area contributed by atoms with Crippen LogP contribution >= 0.6 is 0 Å². The normalized spacial score (nSPS) is 10.7. The van der Waals surface area contributed by atoms with Gasteiger partial charge < -0.3 is 10.2 Å². The van der Waals surface area contributed by atoms with Crippen molar-refractivity contribution in [3.63, 3.8) is 0 Å². The number of hydrogen-bond acceptors (Lipinski definition) is 6. The predicted molar refractivity (Wildman–Crippen MR) is 112 cm³/mol. The number of nitrogens with one attached hydrogen (secondary N) is 1. The predicted octanol–water partition coefficient (Wildman–Crippen LogP) is 3.48. The average molecular weight is 384 g/mol. The van der Waals surface area contributed by atoms with Gasteiger partial charge in [0.25, 0.3) is 5.91 Å². The number of nitrogens with zero attached hydrogens (tertiary/aromatic N) is 5. The van der Waals surface area contributed by atoms with Gasteiger partial charge in [-0.1, -0.05) is 18.2 Å². The van der Waals surface area contributed by atoms with Crippen molar-refractivity contribution in [3.8, 4) is 0 Å². The van der Waals surface area contributed by atoms with Gasteiger partial charge >= 0.3 is 0 Å². The van der Waals surface area contributed by atoms with Gasteiger partial charge in [-0.25, -0.2) is 0 Å². The summed E-state index contributed by atoms with van der Waals surface area (Å²) in [7, 11) is 1.76. The van der Waals surface area contributed by atoms with Crippen LogP contribution in [0.5, 0.6) is 0 Å². The molecule has 7 heteroatoms. The van der Waals surface area contributed by atoms with Crippen LogP contribution < -0.4 is 5.32 Å². The van der Waals surface area contributed by atoms with E-state index in [1.54, 1.807) is 42.7 Å². The molecule has 0 atom stereocenters. The smallest absolute Gasteiger partial charge is 0.274 e. The fraction of sp³-hybridized carbons (Fsp3) is 0.136. The minimum Gasteiger partial charge on any atom is -0.340 e. The topological polar surface area (TPSA) is 83.9 Å². The minimum atomic E-state index is -0.162. The number of para-hydroxylation sites is 1. The van der Waals surface area contributed by atoms with Crippen molar-refractivity contribution in [3.05, 3.63) is 84.4 Å². The van der Waals surface area contributed by atoms with Gasteiger partial charge in [-0.15, -0.1) is 10.2 Å². The summed E-state index contributed by atoms with van der Waals surface area (Å²) in [5.41, 5.74) is 3.14. The molecule has 3 heterocycles. The number of carbonyl (C=O) groups is 1. The van der Waals surface area contributed by atoms with Gasteiger partial charge in [0.1, 0.15) is 0 Å². The van der Waals surface area contributed by atoms with Crippen LogP contribution in [0.4, 0.5) is 11.5 Å². The van der Waals surface area contributed by atoms with Crippen molar-refractivity contribution in [1.29, 1.82) is 0 Å². The van der Waals surface area contributed by atoms with Crippen LogP contribution in [0.1, 0.15) is 16.1 Å². The second-order valence-electron chi connectivity index (χ2n) is 6.64. The molecule has 0 spiro atoms. The van der Waals surface area contributed by atoms with Crippen LogP contribution in [0.15, 0.2) is 73.2 Å². The molecule has 3 aromatic heterocycles. The molecule has 1 aromatic carbocycles. The summed E-state index contributed by atoms with van der Waals surface area (Å²) < 4.78 is 0. The summed E-state index contributed by atoms with van der Waals surface area (Å²) in [5, 5.41) is 12.5. The first-order chi connectivity index (χ1) is 14.2. The van der Waals surface area contributed by atoms with Gasteiger partial charge in [0, 0.05) is 37.6 Å². The number of anilines is 2. The number of pyridine rings is 2. The Hall–Kier alpha value is -3.87. The Balaban J connectivity index is 1.42. The van der Waals surface area contributed by atoms with E-state index < -0.39 is 0 Å². The lowest BCUT2D eigenvalue weighted by Gasteiger charge is -2.16. The summed E-state index contributed by atoms with van der Waals surface area (Å²) in [6.07, 6.45) is 6.01. The molecule has 0 aliphatic heterocycles. The highest BCUT2D eigenvalue weighted by Crippen LogP contribution is 2.23. The van der Waals surface area contributed by atoms with Gasteiger partial charge in [0.15, 0.2) is 11.5 Å². The fourth-order valence-electron chi connectivity index (χ4n) is 3.00. The maximum absolute atomic E-state index is 12.6. The van der Waals surface area contributed by atoms with E-state index in [-0.39, 0.29) is 5.91 Å². The third-order valence-electron chi connectivity index (χ3n) is 4.61. The fourth-order valence-corrected chi connectivity index (χ4v) is 3.00. The highest BCUT2D eigenvalue weighted by Gasteiger charge is 2.14. The molecule has 0 saturated carbocycles. The highest BCUT2D eigenvalue weighted by atomic mass is 16.2. The molecular formula is C22H20N6O. The molecule has 0 aliphatic carbocycles. The van der Waals surface area contributed by atoms with Crippen molar-refractivity contribution < 1.29 is 4.79 Å². The number of carbonyl (C=O) groups excluding carboxylic acids is 1. The van der Waals surface area contributed by atoms with E-state index in [4.69, 9.17) is 0 Å². The number of likely N-dealkylation sites (N-methyl/N-ethyl adjacent to an activating group) is 1. The van der Waals surface area contributed by atoms with Gasteiger partial charge in [-0.2, -0.15) is 0 Å². The summed E-state index contributed by atoms with van der Waals surface area (Å²) in [4.78, 5) is 22.7. The molecule has 0 radical (unpaired) electrons. The Morgan fingerprint density at radius 3 is 2.59 bits per heavy atom. The summed E-state index contributed by atoms with van der Waals surface area (Å²) in [6.45, 7) is 0.589. The molecule has 1 N–H and O–H groups in total. The lowest BCUT2D eigenvalue weighted by Crippen LogP contribution is -2.29. The lowest BCUT2D eigenvalue weighted by molar-refractivity contribution is 0.0789. The van der Waals surface area contributed by atoms with E-state index >= 15 is 0 Å². The van der Waals surface area contributed by atoms with Gasteiger partial charge in [-0.3, -0.25) is 14.8 Å². The number of amides is 1. The Kier molecular flexibility index (Phi) is 5.38. The standard InChI is InChI=1S/C22H20N6O/c1-28(15-11-16-9-13-23-14-10-16)22(29)19-7-8-20(27-26-19)25-18-6-2-4-17-5-3-12-24-21(17)18/h2-10,12-14H,11,15H2,1H3,(H,25,27). The van der Waals surface area contributed by atoms with Crippen molar-refractivity contribution >= 4 is 28.3 Å². The highest BCUT2D eigenvalue weighted by molar-refractivity contribution is 5.93. The summed E-state index contributed by atoms with van der Waals surface area (Å²) >= 11 is 0. The maximum atomic E-state index is 12.6. The Labute approximate surface area is 168 Å². The zero-order valence-electron chi connectivity index (χ0n) is 16.0. The molecule has 4 aromatic rings. The molecule has 7 nitrogen and oxygen atoms in total. The molecule has 0 saturated heterocycles. The van der Waals surface area contributed by atoms with Crippen LogP contribution in [0, 0.1) is 0 Å². The van der Waals surface area contributed by atoms with E-state index in [1.165, 1.54) is 0 Å². The molecule has 29 heavy (non-hydrogen) atoms. The SMILES string of the molecule is CN(CCc1ccncc1)C(=O)c1ccc(Nc2cccc3cccnc23)nn1. The average Bonchev–Trinajstić information content (AvgIpc) is 2.78. The number of fused-ring (bicyclic) bond motifs is 1. The molecule has 0 unspecified atom stereocenters. The third kappa shape index (κ3) is 4.35. The first-order valence-electron chi connectivity index (χ1n) is 9.29. The van der Waals surface area contributed by atoms with Crippen LogP contribution in [0.25, 0.3) is 10.9 Å². The van der Waals surface area contributed by atoms with E-state index in [9.17, 15) is 4.79 Å². The van der Waals surface area contributed by atoms with Crippen molar-refractivity contribution in [2.75, 3.05) is 18.9 Å². The van der Waals surface area contributed by atoms with Crippen LogP contribution in [0.2, 0.25) is 0 Å². The van der Waals surface area contributed by atoms with Crippen LogP contribution in [-0.2, 0) is 6.42 Å². The number of hydrogen-bond donors (Lipinski definition) is 1. The summed E-state index contributed by atoms with van der Waals surface area (Å²) in [6, 6.07) is 17.1. The zero-order chi connectivity index (χ0) is 20.1. The van der Waals surface area contributed by atoms with Crippen LogP contribution in [-0.4, -0.2) is 44.6 Å². The molecular weight excluding hydrogens is 364 g/mol. The van der Waals surface area contributed by atoms with Gasteiger partial charge in [0.05, 0.1) is 11.2 Å². The second kappa shape index (κ2) is 8.43. The first kappa shape index (κ1) is 18.5. The summed E-state index contributed by atoms with van der Waals surface area (Å²) in [5.74, 6) is 0.393. The van der Waals surface area contributed by atoms with Gasteiger partial charge in [-0.05, 0) is 48.4 Å². The molecule has 0 aliphatic rings. The third-order valence-corrected chi connectivity index (χ3v) is 4.61. The second-order valence-corrected chi connectivity index (χ2v) is 6.64. The van der Waals surface area contributed by atoms with E-state index in [0.29, 0.717) is 18.1 Å². The van der Waals surface area contributed by atoms with E-state index in [0.717, 1.165) is 28.6 Å². The molecule has 4 rings (SSSR count). The van der Waals surface area contributed by atoms with Crippen LogP contribution in [0.3, 0.4) is 0 Å². The van der Waals surface area contributed by atoms with Crippen molar-refractivity contribution in [1.82, 2.24) is 25.1 Å². The van der Waals surface area contributed by atoms with Gasteiger partial charge in [0.2, 0.25) is 0 Å². The Bertz CT molecular complexity index is 1110. The molecule has 0 fully saturated rings. The minimum absolute atomic E-state index is 0.162. The Morgan fingerprint density at radius 2 is 1.79 bits per heavy atom. The zero-order valence-corrected chi connectivity index (χ0v) is 16.0. The molecule has 1 amide bonds. The lowest BCUT2D eigenvalue weighted by atomic mass is 10.2. The largest absolute Gasteiger partial charge is 0.340 e. The molecule has 0 bridgehead atoms. The van der Waals surface area contributed by atoms with E-state index in [2.05, 4.69) is 25.5 Å². The van der Waals surface area contributed by atoms with Crippen molar-refractivity contribution in [2.45, 2.75) is 6.42 Å².